The number of likely N-dealkylation sites (tertiary alicyclic amines) is 2. The van der Waals surface area contributed by atoms with E-state index < -0.39 is 0 Å². The highest BCUT2D eigenvalue weighted by molar-refractivity contribution is 6.31. The predicted octanol–water partition coefficient (Wildman–Crippen LogP) is 3.40. The van der Waals surface area contributed by atoms with E-state index >= 15 is 0 Å². The normalized spacial score (nSPS) is 26.6. The Morgan fingerprint density at radius 2 is 1.75 bits per heavy atom. The molecule has 2 heterocycles. The van der Waals surface area contributed by atoms with Crippen LogP contribution >= 0.6 is 11.6 Å². The molecule has 3 nitrogen and oxygen atoms in total. The molecule has 1 aromatic rings. The Hall–Kier alpha value is -0.680. The molecule has 1 N–H and O–H groups in total. The van der Waals surface area contributed by atoms with Gasteiger partial charge in [-0.05, 0) is 55.5 Å². The Bertz CT molecular complexity index is 534. The van der Waals surface area contributed by atoms with Crippen molar-refractivity contribution in [2.75, 3.05) is 39.3 Å². The van der Waals surface area contributed by atoms with E-state index in [4.69, 9.17) is 11.6 Å². The zero-order valence-electron chi connectivity index (χ0n) is 14.3. The van der Waals surface area contributed by atoms with Gasteiger partial charge in [-0.2, -0.15) is 0 Å². The molecule has 2 aliphatic heterocycles. The van der Waals surface area contributed by atoms with Gasteiger partial charge >= 0.3 is 0 Å². The fourth-order valence-electron chi connectivity index (χ4n) is 4.12. The van der Waals surface area contributed by atoms with Crippen molar-refractivity contribution in [2.45, 2.75) is 32.2 Å². The van der Waals surface area contributed by atoms with Crippen molar-refractivity contribution in [1.82, 2.24) is 9.80 Å². The first-order valence-corrected chi connectivity index (χ1v) is 9.53. The predicted molar refractivity (Wildman–Crippen MR) is 95.7 cm³/mol. The molecule has 2 atom stereocenters. The number of aliphatic hydroxyl groups is 1. The zero-order valence-corrected chi connectivity index (χ0v) is 15.0. The van der Waals surface area contributed by atoms with Crippen molar-refractivity contribution >= 4 is 11.6 Å². The van der Waals surface area contributed by atoms with E-state index in [1.807, 2.05) is 0 Å². The Morgan fingerprint density at radius 1 is 1.04 bits per heavy atom. The van der Waals surface area contributed by atoms with Gasteiger partial charge in [-0.3, -0.25) is 4.90 Å². The molecule has 3 rings (SSSR count). The topological polar surface area (TPSA) is 26.7 Å². The minimum Gasteiger partial charge on any atom is -0.396 e. The lowest BCUT2D eigenvalue weighted by molar-refractivity contribution is 0.165. The molecular weight excluding hydrogens is 327 g/mol. The standard InChI is InChI=1S/C19H28ClFN2O/c20-19-9-18(21)6-5-15(19)10-23-12-16(17(13-23)14-24)11-22-7-3-1-2-4-8-22/h5-6,9,16-17,24H,1-4,7-8,10-14H2/t16-,17-/m0/s1. The van der Waals surface area contributed by atoms with Crippen LogP contribution in [0.15, 0.2) is 18.2 Å². The fourth-order valence-corrected chi connectivity index (χ4v) is 4.35. The summed E-state index contributed by atoms with van der Waals surface area (Å²) < 4.78 is 13.2. The molecule has 2 saturated heterocycles. The van der Waals surface area contributed by atoms with E-state index in [1.54, 1.807) is 6.07 Å². The van der Waals surface area contributed by atoms with Gasteiger partial charge in [0.2, 0.25) is 0 Å². The number of hydrogen-bond acceptors (Lipinski definition) is 3. The van der Waals surface area contributed by atoms with Crippen molar-refractivity contribution in [1.29, 1.82) is 0 Å². The van der Waals surface area contributed by atoms with Crippen LogP contribution in [0.25, 0.3) is 0 Å². The van der Waals surface area contributed by atoms with Crippen LogP contribution in [0.3, 0.4) is 0 Å². The van der Waals surface area contributed by atoms with Gasteiger partial charge in [0.1, 0.15) is 5.82 Å². The quantitative estimate of drug-likeness (QED) is 0.878. The summed E-state index contributed by atoms with van der Waals surface area (Å²) >= 11 is 6.16. The first-order chi connectivity index (χ1) is 11.7. The molecule has 0 bridgehead atoms. The van der Waals surface area contributed by atoms with Gasteiger partial charge in [0.15, 0.2) is 0 Å². The average Bonchev–Trinajstić information content (AvgIpc) is 2.76. The van der Waals surface area contributed by atoms with Crippen LogP contribution in [0.4, 0.5) is 4.39 Å². The summed E-state index contributed by atoms with van der Waals surface area (Å²) in [6, 6.07) is 4.62. The third-order valence-electron chi connectivity index (χ3n) is 5.49. The molecule has 0 spiro atoms. The van der Waals surface area contributed by atoms with Crippen molar-refractivity contribution in [3.05, 3.63) is 34.6 Å². The number of nitrogens with zero attached hydrogens (tertiary/aromatic N) is 2. The number of benzene rings is 1. The summed E-state index contributed by atoms with van der Waals surface area (Å²) in [4.78, 5) is 4.93. The van der Waals surface area contributed by atoms with Crippen LogP contribution in [-0.4, -0.2) is 54.2 Å². The van der Waals surface area contributed by atoms with Crippen LogP contribution < -0.4 is 0 Å². The van der Waals surface area contributed by atoms with E-state index in [2.05, 4.69) is 9.80 Å². The maximum atomic E-state index is 13.2. The Labute approximate surface area is 149 Å². The SMILES string of the molecule is OC[C@@H]1CN(Cc2ccc(F)cc2Cl)C[C@@H]1CN1CCCCCC1. The first kappa shape index (κ1) is 18.1. The average molecular weight is 355 g/mol. The highest BCUT2D eigenvalue weighted by Crippen LogP contribution is 2.28. The second-order valence-corrected chi connectivity index (χ2v) is 7.75. The Morgan fingerprint density at radius 3 is 2.42 bits per heavy atom. The molecule has 2 aliphatic rings. The smallest absolute Gasteiger partial charge is 0.124 e. The third kappa shape index (κ3) is 4.69. The lowest BCUT2D eigenvalue weighted by Crippen LogP contribution is -2.34. The summed E-state index contributed by atoms with van der Waals surface area (Å²) in [5, 5.41) is 10.3. The van der Waals surface area contributed by atoms with Crippen LogP contribution in [0, 0.1) is 17.7 Å². The largest absolute Gasteiger partial charge is 0.396 e. The van der Waals surface area contributed by atoms with Crippen LogP contribution in [0.1, 0.15) is 31.2 Å². The number of halogens is 2. The summed E-state index contributed by atoms with van der Waals surface area (Å²) in [6.45, 7) is 6.31. The first-order valence-electron chi connectivity index (χ1n) is 9.15. The Balaban J connectivity index is 1.59. The lowest BCUT2D eigenvalue weighted by Gasteiger charge is -2.26. The highest BCUT2D eigenvalue weighted by atomic mass is 35.5. The molecule has 0 saturated carbocycles. The lowest BCUT2D eigenvalue weighted by atomic mass is 9.96. The van der Waals surface area contributed by atoms with Crippen LogP contribution in [0.5, 0.6) is 0 Å². The summed E-state index contributed by atoms with van der Waals surface area (Å²) in [5.41, 5.74) is 0.963. The molecule has 0 unspecified atom stereocenters. The molecule has 0 radical (unpaired) electrons. The van der Waals surface area contributed by atoms with Gasteiger partial charge in [0.05, 0.1) is 0 Å². The zero-order chi connectivity index (χ0) is 16.9. The number of aliphatic hydroxyl groups excluding tert-OH is 1. The maximum Gasteiger partial charge on any atom is 0.124 e. The number of hydrogen-bond donors (Lipinski definition) is 1. The van der Waals surface area contributed by atoms with Crippen molar-refractivity contribution in [3.8, 4) is 0 Å². The van der Waals surface area contributed by atoms with E-state index in [1.165, 1.54) is 50.9 Å². The molecule has 0 amide bonds. The van der Waals surface area contributed by atoms with E-state index in [0.29, 0.717) is 16.9 Å². The molecule has 5 heteroatoms. The molecule has 0 aromatic heterocycles. The summed E-state index contributed by atoms with van der Waals surface area (Å²) in [5.74, 6) is 0.539. The minimum atomic E-state index is -0.294. The van der Waals surface area contributed by atoms with Gasteiger partial charge in [0, 0.05) is 37.8 Å². The van der Waals surface area contributed by atoms with Crippen LogP contribution in [0.2, 0.25) is 5.02 Å². The van der Waals surface area contributed by atoms with Crippen LogP contribution in [-0.2, 0) is 6.54 Å². The van der Waals surface area contributed by atoms with Gasteiger partial charge in [0.25, 0.3) is 0 Å². The fraction of sp³-hybridized carbons (Fsp3) is 0.684. The molecule has 2 fully saturated rings. The highest BCUT2D eigenvalue weighted by Gasteiger charge is 2.33. The van der Waals surface area contributed by atoms with E-state index in [9.17, 15) is 9.50 Å². The summed E-state index contributed by atoms with van der Waals surface area (Å²) in [7, 11) is 0. The molecular formula is C19H28ClFN2O. The van der Waals surface area contributed by atoms with Gasteiger partial charge in [-0.1, -0.05) is 30.5 Å². The van der Waals surface area contributed by atoms with Crippen molar-refractivity contribution in [2.24, 2.45) is 11.8 Å². The van der Waals surface area contributed by atoms with E-state index in [0.717, 1.165) is 31.7 Å². The van der Waals surface area contributed by atoms with Gasteiger partial charge in [-0.25, -0.2) is 4.39 Å². The monoisotopic (exact) mass is 354 g/mol. The van der Waals surface area contributed by atoms with Gasteiger partial charge < -0.3 is 10.0 Å². The van der Waals surface area contributed by atoms with E-state index in [-0.39, 0.29) is 12.4 Å². The maximum absolute atomic E-state index is 13.2. The van der Waals surface area contributed by atoms with Crippen molar-refractivity contribution < 1.29 is 9.50 Å². The number of rotatable bonds is 5. The summed E-state index contributed by atoms with van der Waals surface area (Å²) in [6.07, 6.45) is 5.29. The molecule has 134 valence electrons. The van der Waals surface area contributed by atoms with Gasteiger partial charge in [-0.15, -0.1) is 0 Å². The molecule has 0 aliphatic carbocycles. The minimum absolute atomic E-state index is 0.242. The second-order valence-electron chi connectivity index (χ2n) is 7.35. The Kier molecular flexibility index (Phi) is 6.50. The van der Waals surface area contributed by atoms with Crippen molar-refractivity contribution in [3.63, 3.8) is 0 Å². The molecule has 1 aromatic carbocycles. The second kappa shape index (κ2) is 8.61. The molecule has 24 heavy (non-hydrogen) atoms. The third-order valence-corrected chi connectivity index (χ3v) is 5.84.